The van der Waals surface area contributed by atoms with Gasteiger partial charge in [-0.3, -0.25) is 0 Å². The molecule has 3 aromatic heterocycles. The summed E-state index contributed by atoms with van der Waals surface area (Å²) in [6, 6.07) is 86.5. The molecule has 0 radical (unpaired) electrons. The van der Waals surface area contributed by atoms with Crippen molar-refractivity contribution in [3.05, 3.63) is 237 Å². The Labute approximate surface area is 364 Å². The summed E-state index contributed by atoms with van der Waals surface area (Å²) in [5.41, 5.74) is 17.6. The second-order valence-corrected chi connectivity index (χ2v) is 16.4. The molecule has 0 atom stereocenters. The lowest BCUT2D eigenvalue weighted by molar-refractivity contribution is 1.17. The van der Waals surface area contributed by atoms with Crippen molar-refractivity contribution in [3.63, 3.8) is 0 Å². The molecular weight excluding hydrogens is 763 g/mol. The number of benzene rings is 10. The molecule has 13 aromatic rings. The van der Waals surface area contributed by atoms with Gasteiger partial charge in [0.1, 0.15) is 0 Å². The van der Waals surface area contributed by atoms with Gasteiger partial charge in [0, 0.05) is 54.7 Å². The molecule has 0 fully saturated rings. The first-order valence-electron chi connectivity index (χ1n) is 21.7. The lowest BCUT2D eigenvalue weighted by Gasteiger charge is -2.19. The fourth-order valence-electron chi connectivity index (χ4n) is 10.4. The van der Waals surface area contributed by atoms with E-state index in [-0.39, 0.29) is 0 Å². The average Bonchev–Trinajstić information content (AvgIpc) is 4.00. The van der Waals surface area contributed by atoms with Gasteiger partial charge in [0.2, 0.25) is 0 Å². The third kappa shape index (κ3) is 5.33. The first kappa shape index (κ1) is 35.4. The van der Waals surface area contributed by atoms with Gasteiger partial charge in [-0.05, 0) is 65.2 Å². The molecule has 3 nitrogen and oxygen atoms in total. The van der Waals surface area contributed by atoms with Gasteiger partial charge in [0.25, 0.3) is 0 Å². The van der Waals surface area contributed by atoms with E-state index < -0.39 is 0 Å². The predicted molar refractivity (Wildman–Crippen MR) is 266 cm³/mol. The second-order valence-electron chi connectivity index (χ2n) is 16.4. The maximum absolute atomic E-state index is 2.54. The van der Waals surface area contributed by atoms with Crippen LogP contribution in [0.1, 0.15) is 0 Å². The van der Waals surface area contributed by atoms with E-state index in [4.69, 9.17) is 0 Å². The predicted octanol–water partition coefficient (Wildman–Crippen LogP) is 16.0. The van der Waals surface area contributed by atoms with E-state index in [0.29, 0.717) is 0 Å². The summed E-state index contributed by atoms with van der Waals surface area (Å²) < 4.78 is 7.50. The van der Waals surface area contributed by atoms with Gasteiger partial charge in [0.15, 0.2) is 0 Å². The van der Waals surface area contributed by atoms with Gasteiger partial charge < -0.3 is 13.7 Å². The first-order valence-corrected chi connectivity index (χ1v) is 21.7. The zero-order valence-electron chi connectivity index (χ0n) is 34.4. The summed E-state index contributed by atoms with van der Waals surface area (Å²) in [7, 11) is 0. The molecule has 0 spiro atoms. The Balaban J connectivity index is 1.15. The van der Waals surface area contributed by atoms with Crippen LogP contribution < -0.4 is 0 Å². The number of rotatable bonds is 6. The Morgan fingerprint density at radius 1 is 0.238 bits per heavy atom. The van der Waals surface area contributed by atoms with Crippen LogP contribution in [0.25, 0.3) is 116 Å². The van der Waals surface area contributed by atoms with Crippen molar-refractivity contribution in [3.8, 4) is 50.4 Å². The standard InChI is InChI=1S/C60H39N3/c1-4-19-40(20-5-1)42-35-36-44(41-21-6-2-7-22-41)57(39-42)63-54-33-16-11-26-46(54)49-30-18-29-48(59(49)63)45-25-10-14-31-52(45)62-53-32-15-12-27-47(53)50-37-38-56-58(60(50)62)51-28-13-17-34-55(51)61(56)43-23-8-3-9-24-43/h1-39H. The maximum Gasteiger partial charge on any atom is 0.0641 e. The van der Waals surface area contributed by atoms with Crippen LogP contribution in [0.2, 0.25) is 0 Å². The van der Waals surface area contributed by atoms with Crippen molar-refractivity contribution in [1.29, 1.82) is 0 Å². The molecule has 0 amide bonds. The highest BCUT2D eigenvalue weighted by Gasteiger charge is 2.25. The Morgan fingerprint density at radius 3 is 1.48 bits per heavy atom. The van der Waals surface area contributed by atoms with Gasteiger partial charge in [0.05, 0.1) is 44.5 Å². The van der Waals surface area contributed by atoms with Crippen LogP contribution in [-0.2, 0) is 0 Å². The minimum absolute atomic E-state index is 1.14. The zero-order valence-corrected chi connectivity index (χ0v) is 34.4. The summed E-state index contributed by atoms with van der Waals surface area (Å²) in [6.07, 6.45) is 0. The molecule has 13 rings (SSSR count). The van der Waals surface area contributed by atoms with Crippen LogP contribution in [0.4, 0.5) is 0 Å². The summed E-state index contributed by atoms with van der Waals surface area (Å²) >= 11 is 0. The summed E-state index contributed by atoms with van der Waals surface area (Å²) in [6.45, 7) is 0. The van der Waals surface area contributed by atoms with Crippen molar-refractivity contribution in [2.75, 3.05) is 0 Å². The lowest BCUT2D eigenvalue weighted by atomic mass is 9.97. The lowest BCUT2D eigenvalue weighted by Crippen LogP contribution is -2.01. The number of hydrogen-bond donors (Lipinski definition) is 0. The van der Waals surface area contributed by atoms with E-state index in [1.165, 1.54) is 98.8 Å². The number of hydrogen-bond acceptors (Lipinski definition) is 0. The van der Waals surface area contributed by atoms with Gasteiger partial charge in [-0.25, -0.2) is 0 Å². The summed E-state index contributed by atoms with van der Waals surface area (Å²) in [5, 5.41) is 7.40. The molecular formula is C60H39N3. The van der Waals surface area contributed by atoms with E-state index >= 15 is 0 Å². The van der Waals surface area contributed by atoms with E-state index in [2.05, 4.69) is 250 Å². The molecule has 0 aliphatic carbocycles. The SMILES string of the molecule is c1ccc(-c2ccc(-c3ccccc3)c(-n3c4ccccc4c4cccc(-c5ccccc5-n5c6ccccc6c6ccc7c(c8ccccc8n7-c7ccccc7)c65)c43)c2)cc1. The molecule has 0 aliphatic heterocycles. The Hall–Kier alpha value is -8.40. The molecule has 0 unspecified atom stereocenters. The molecule has 63 heavy (non-hydrogen) atoms. The van der Waals surface area contributed by atoms with E-state index in [9.17, 15) is 0 Å². The highest BCUT2D eigenvalue weighted by Crippen LogP contribution is 2.46. The second kappa shape index (κ2) is 14.1. The zero-order chi connectivity index (χ0) is 41.4. The molecule has 0 saturated heterocycles. The smallest absolute Gasteiger partial charge is 0.0641 e. The molecule has 10 aromatic carbocycles. The largest absolute Gasteiger partial charge is 0.309 e. The van der Waals surface area contributed by atoms with Crippen LogP contribution in [0.3, 0.4) is 0 Å². The summed E-state index contributed by atoms with van der Waals surface area (Å²) in [4.78, 5) is 0. The van der Waals surface area contributed by atoms with Crippen LogP contribution in [0.5, 0.6) is 0 Å². The van der Waals surface area contributed by atoms with E-state index in [0.717, 1.165) is 17.1 Å². The highest BCUT2D eigenvalue weighted by atomic mass is 15.0. The minimum atomic E-state index is 1.14. The Kier molecular flexibility index (Phi) is 7.91. The Morgan fingerprint density at radius 2 is 0.762 bits per heavy atom. The van der Waals surface area contributed by atoms with Crippen LogP contribution in [-0.4, -0.2) is 13.7 Å². The fraction of sp³-hybridized carbons (Fsp3) is 0. The molecule has 0 bridgehead atoms. The third-order valence-corrected chi connectivity index (χ3v) is 13.0. The van der Waals surface area contributed by atoms with Crippen LogP contribution in [0.15, 0.2) is 237 Å². The molecule has 3 heteroatoms. The van der Waals surface area contributed by atoms with Crippen molar-refractivity contribution < 1.29 is 0 Å². The number of para-hydroxylation sites is 6. The van der Waals surface area contributed by atoms with Crippen molar-refractivity contribution in [2.45, 2.75) is 0 Å². The monoisotopic (exact) mass is 801 g/mol. The fourth-order valence-corrected chi connectivity index (χ4v) is 10.4. The molecule has 0 saturated carbocycles. The van der Waals surface area contributed by atoms with E-state index in [1.807, 2.05) is 0 Å². The van der Waals surface area contributed by atoms with Crippen molar-refractivity contribution in [2.24, 2.45) is 0 Å². The quantitative estimate of drug-likeness (QED) is 0.159. The molecule has 3 heterocycles. The Bertz CT molecular complexity index is 3890. The van der Waals surface area contributed by atoms with Gasteiger partial charge in [-0.2, -0.15) is 0 Å². The number of nitrogens with zero attached hydrogens (tertiary/aromatic N) is 3. The summed E-state index contributed by atoms with van der Waals surface area (Å²) in [5.74, 6) is 0. The maximum atomic E-state index is 2.54. The third-order valence-electron chi connectivity index (χ3n) is 13.0. The molecule has 0 aliphatic rings. The van der Waals surface area contributed by atoms with Gasteiger partial charge in [-0.1, -0.05) is 188 Å². The normalized spacial score (nSPS) is 11.8. The van der Waals surface area contributed by atoms with Crippen molar-refractivity contribution >= 4 is 65.4 Å². The molecule has 0 N–H and O–H groups in total. The number of aromatic nitrogens is 3. The molecule has 294 valence electrons. The van der Waals surface area contributed by atoms with Crippen LogP contribution in [0, 0.1) is 0 Å². The van der Waals surface area contributed by atoms with Gasteiger partial charge >= 0.3 is 0 Å². The van der Waals surface area contributed by atoms with Crippen LogP contribution >= 0.6 is 0 Å². The topological polar surface area (TPSA) is 14.8 Å². The van der Waals surface area contributed by atoms with E-state index in [1.54, 1.807) is 0 Å². The highest BCUT2D eigenvalue weighted by molar-refractivity contribution is 6.26. The number of fused-ring (bicyclic) bond motifs is 10. The minimum Gasteiger partial charge on any atom is -0.309 e. The van der Waals surface area contributed by atoms with Gasteiger partial charge in [-0.15, -0.1) is 0 Å². The average molecular weight is 802 g/mol. The first-order chi connectivity index (χ1) is 31.3. The van der Waals surface area contributed by atoms with Crippen molar-refractivity contribution in [1.82, 2.24) is 13.7 Å².